The van der Waals surface area contributed by atoms with Crippen LogP contribution in [0.15, 0.2) is 449 Å². The van der Waals surface area contributed by atoms with Gasteiger partial charge in [0.2, 0.25) is 0 Å². The lowest BCUT2D eigenvalue weighted by molar-refractivity contribution is 0.669. The summed E-state index contributed by atoms with van der Waals surface area (Å²) in [5.41, 5.74) is 0.722. The summed E-state index contributed by atoms with van der Waals surface area (Å²) in [6.07, 6.45) is 0. The largest absolute Gasteiger partial charge is 0.456 e. The van der Waals surface area contributed by atoms with E-state index in [0.717, 1.165) is 53.9 Å². The van der Waals surface area contributed by atoms with Crippen molar-refractivity contribution in [3.63, 3.8) is 0 Å². The average molecular weight is 1580 g/mol. The van der Waals surface area contributed by atoms with Gasteiger partial charge in [-0.25, -0.2) is 0 Å². The molecule has 0 radical (unpaired) electrons. The highest BCUT2D eigenvalue weighted by molar-refractivity contribution is 6.27. The Hall–Kier alpha value is -15.9. The van der Waals surface area contributed by atoms with Crippen LogP contribution in [-0.4, -0.2) is 0 Å². The van der Waals surface area contributed by atoms with E-state index in [-0.39, 0.29) is 102 Å². The number of rotatable bonds is 7. The first-order valence-corrected chi connectivity index (χ1v) is 38.1. The molecule has 0 saturated carbocycles. The quantitative estimate of drug-likeness (QED) is 0.149. The molecule has 26 rings (SSSR count). The molecule has 0 amide bonds. The van der Waals surface area contributed by atoms with Crippen LogP contribution in [0.25, 0.3) is 251 Å². The molecule has 0 aliphatic carbocycles. The van der Waals surface area contributed by atoms with E-state index in [1.54, 1.807) is 42.5 Å². The zero-order valence-electron chi connectivity index (χ0n) is 105. The third-order valence-electron chi connectivity index (χ3n) is 22.1. The molecule has 0 atom stereocenters. The van der Waals surface area contributed by atoms with E-state index in [2.05, 4.69) is 6.07 Å². The van der Waals surface area contributed by atoms with Crippen LogP contribution < -0.4 is 0 Å². The molecule has 0 fully saturated rings. The van der Waals surface area contributed by atoms with Gasteiger partial charge < -0.3 is 13.3 Å². The van der Waals surface area contributed by atoms with Gasteiger partial charge in [0.25, 0.3) is 0 Å². The third-order valence-corrected chi connectivity index (χ3v) is 22.1. The van der Waals surface area contributed by atoms with Crippen molar-refractivity contribution >= 4 is 174 Å². The maximum Gasteiger partial charge on any atom is 0.136 e. The first-order chi connectivity index (χ1) is 77.5. The SMILES string of the molecule is [2H]c1c([2H])c([2H])c(-c2c3c([2H])c([2H])c([2H])c([2H])c3c(-c3c([2H])c([2H])c(-c4c([2H])c([2H])c([2H])c5c([2H])c6c(oc7c([2H])c([2H])c([2H])c([2H])c76)c([2H])c45)c([2H])c3[2H])c3c([2H])c([2H])c([2H])c([2H])c23)c([2H])c1[2H].[2H]c1c([2H])c([2H])c2c(-c3ccc4oc5cc6ccccc6cc5c4c3)c3c([2H])c([2H])c([2H])c([2H])c3c(-c3ccccc3)c2c1[2H].[2H]c1c([2H])c([2H])c2c(-c3cccc4ccccc34)c3c([2H])c([2H])c([2H])c([2H])c3c(-c3ccc4oc5cc6ccccc6cc5c4c3)c2c1[2H]. The molecular weight excluding hydrogens is 1470 g/mol. The Balaban J connectivity index is 0.000000131. The first kappa shape index (κ1) is 39.3. The molecule has 562 valence electrons. The smallest absolute Gasteiger partial charge is 0.136 e. The van der Waals surface area contributed by atoms with E-state index in [0.29, 0.717) is 66.8 Å². The summed E-state index contributed by atoms with van der Waals surface area (Å²) in [6, 6.07) is 28.2. The summed E-state index contributed by atoms with van der Waals surface area (Å²) >= 11 is 0. The van der Waals surface area contributed by atoms with Gasteiger partial charge in [-0.15, -0.1) is 0 Å². The highest BCUT2D eigenvalue weighted by Crippen LogP contribution is 2.51. The Bertz CT molecular complexity index is 11200. The van der Waals surface area contributed by atoms with Crippen LogP contribution in [0, 0.1) is 0 Å². The van der Waals surface area contributed by atoms with Crippen LogP contribution in [0.3, 0.4) is 0 Å². The van der Waals surface area contributed by atoms with Crippen molar-refractivity contribution in [3.8, 4) is 77.9 Å². The fourth-order valence-electron chi connectivity index (χ4n) is 16.8. The zero-order chi connectivity index (χ0) is 116. The van der Waals surface area contributed by atoms with Crippen molar-refractivity contribution in [2.24, 2.45) is 0 Å². The molecular formula is C118H72O3. The molecule has 3 aromatic heterocycles. The highest BCUT2D eigenvalue weighted by Gasteiger charge is 2.24. The van der Waals surface area contributed by atoms with Crippen molar-refractivity contribution < 1.29 is 70.8 Å². The van der Waals surface area contributed by atoms with Gasteiger partial charge in [0.15, 0.2) is 0 Å². The van der Waals surface area contributed by atoms with E-state index >= 15 is 0 Å². The normalized spacial score (nSPS) is 16.7. The molecule has 0 unspecified atom stereocenters. The molecule has 0 bridgehead atoms. The second kappa shape index (κ2) is 28.5. The van der Waals surface area contributed by atoms with E-state index in [4.69, 9.17) is 51.6 Å². The Morgan fingerprint density at radius 2 is 0.521 bits per heavy atom. The third kappa shape index (κ3) is 11.6. The van der Waals surface area contributed by atoms with Crippen LogP contribution in [0.5, 0.6) is 0 Å². The summed E-state index contributed by atoms with van der Waals surface area (Å²) < 4.78 is 392. The van der Waals surface area contributed by atoms with Gasteiger partial charge in [-0.2, -0.15) is 0 Å². The fraction of sp³-hybridized carbons (Fsp3) is 0. The topological polar surface area (TPSA) is 39.4 Å². The summed E-state index contributed by atoms with van der Waals surface area (Å²) in [5, 5.41) is 5.99. The summed E-state index contributed by atoms with van der Waals surface area (Å²) in [5.74, 6) is 0. The van der Waals surface area contributed by atoms with Gasteiger partial charge in [0, 0.05) is 32.3 Å². The second-order valence-electron chi connectivity index (χ2n) is 28.7. The summed E-state index contributed by atoms with van der Waals surface area (Å²) in [6.45, 7) is 0. The molecule has 0 saturated heterocycles. The zero-order valence-corrected chi connectivity index (χ0v) is 62.5. The molecule has 3 heteroatoms. The van der Waals surface area contributed by atoms with E-state index in [9.17, 15) is 19.2 Å². The number of fused-ring (bicyclic) bond motifs is 19. The van der Waals surface area contributed by atoms with Crippen LogP contribution in [0.2, 0.25) is 0 Å². The Kier molecular flexibility index (Phi) is 9.25. The molecule has 0 aliphatic heterocycles. The van der Waals surface area contributed by atoms with E-state index < -0.39 is 282 Å². The monoisotopic (exact) mass is 1580 g/mol. The van der Waals surface area contributed by atoms with Crippen molar-refractivity contribution in [2.75, 3.05) is 0 Å². The Morgan fingerprint density at radius 3 is 1.02 bits per heavy atom. The second-order valence-corrected chi connectivity index (χ2v) is 28.7. The van der Waals surface area contributed by atoms with Crippen LogP contribution in [0.1, 0.15) is 57.6 Å². The molecule has 3 heterocycles. The van der Waals surface area contributed by atoms with Crippen LogP contribution in [0.4, 0.5) is 0 Å². The van der Waals surface area contributed by atoms with Crippen LogP contribution >= 0.6 is 0 Å². The number of hydrogen-bond acceptors (Lipinski definition) is 3. The highest BCUT2D eigenvalue weighted by atomic mass is 16.3. The molecule has 0 aliphatic rings. The first-order valence-electron chi connectivity index (χ1n) is 59.1. The number of hydrogen-bond donors (Lipinski definition) is 0. The predicted octanol–water partition coefficient (Wildman–Crippen LogP) is 34.0. The standard InChI is InChI=1S/C42H26O.C40H24O.C36H22O/c1-2-11-28(12-3-1)41-33-15-4-6-17-35(33)42(36-18-7-5-16-34(36)41)29-23-21-27(22-24-29)31-19-10-13-30-25-38-32-14-8-9-20-39(32)43-40(38)26-37(30)31;1-2-12-27-24-38-36(22-26(27)11-1)35-23-28(20-21-37(35)41-38)39-31-15-5-7-17-33(31)40(34-18-8-6-16-32(34)39)30-19-9-13-25-10-3-4-14-29(25)30;1-2-10-23(11-3-1)35-27-14-6-8-16-29(27)36(30-17-9-7-15-28(30)35)26-18-19-33-31(21-26)32-20-24-12-4-5-13-25(24)22-34(32)37-33/h1-26H;1-24H;1-22H/i1D,2D,3D,4D,5D,6D,7D,8D,9D,10D,11D,12D,13D,14D,15D,16D,17D,18D,19D,20D,21D,22D,23D,24D,25D,26D;5D,6D,7D,8D,15D,16D,17D,18D;6D,7D,8D,9D,14D,15D,16D,17D. The van der Waals surface area contributed by atoms with E-state index in [1.165, 1.54) is 0 Å². The molecule has 0 N–H and O–H groups in total. The lowest BCUT2D eigenvalue weighted by Gasteiger charge is -2.18. The summed E-state index contributed by atoms with van der Waals surface area (Å²) in [4.78, 5) is 0. The Morgan fingerprint density at radius 1 is 0.149 bits per heavy atom. The summed E-state index contributed by atoms with van der Waals surface area (Å²) in [7, 11) is 0. The molecule has 26 aromatic rings. The fourth-order valence-corrected chi connectivity index (χ4v) is 16.8. The van der Waals surface area contributed by atoms with Gasteiger partial charge in [0.05, 0.1) is 57.6 Å². The van der Waals surface area contributed by atoms with Gasteiger partial charge >= 0.3 is 0 Å². The molecule has 3 nitrogen and oxygen atoms in total. The minimum Gasteiger partial charge on any atom is -0.456 e. The van der Waals surface area contributed by atoms with Crippen LogP contribution in [-0.2, 0) is 0 Å². The maximum atomic E-state index is 9.55. The Labute approximate surface area is 755 Å². The lowest BCUT2D eigenvalue weighted by atomic mass is 9.84. The molecule has 0 spiro atoms. The number of para-hydroxylation sites is 1. The van der Waals surface area contributed by atoms with Gasteiger partial charge in [0.1, 0.15) is 33.5 Å². The molecule has 23 aromatic carbocycles. The van der Waals surface area contributed by atoms with Gasteiger partial charge in [-0.05, 0) is 252 Å². The maximum absolute atomic E-state index is 9.55. The average Bonchev–Trinajstić information content (AvgIpc) is 1.68. The van der Waals surface area contributed by atoms with E-state index in [1.807, 2.05) is 133 Å². The van der Waals surface area contributed by atoms with Gasteiger partial charge in [-0.3, -0.25) is 0 Å². The van der Waals surface area contributed by atoms with Crippen molar-refractivity contribution in [1.29, 1.82) is 0 Å². The predicted molar refractivity (Wildman–Crippen MR) is 514 cm³/mol. The minimum absolute atomic E-state index is 0.184. The minimum atomic E-state index is -1.08. The number of benzene rings is 23. The molecule has 121 heavy (non-hydrogen) atoms. The van der Waals surface area contributed by atoms with Crippen molar-refractivity contribution in [3.05, 3.63) is 436 Å². The lowest BCUT2D eigenvalue weighted by Crippen LogP contribution is -1.91. The van der Waals surface area contributed by atoms with Crippen molar-refractivity contribution in [2.45, 2.75) is 0 Å². The van der Waals surface area contributed by atoms with Gasteiger partial charge in [-0.1, -0.05) is 369 Å². The van der Waals surface area contributed by atoms with Crippen molar-refractivity contribution in [1.82, 2.24) is 0 Å². The number of furan rings is 3.